The summed E-state index contributed by atoms with van der Waals surface area (Å²) in [6.45, 7) is 1.82. The quantitative estimate of drug-likeness (QED) is 0.516. The van der Waals surface area contributed by atoms with Gasteiger partial charge in [0.25, 0.3) is 5.91 Å². The van der Waals surface area contributed by atoms with Gasteiger partial charge in [-0.2, -0.15) is 0 Å². The van der Waals surface area contributed by atoms with Crippen molar-refractivity contribution in [1.82, 2.24) is 5.32 Å². The monoisotopic (exact) mass is 454 g/mol. The number of hydrogen-bond donors (Lipinski definition) is 1. The number of carbonyl (C=O) groups is 1. The zero-order valence-electron chi connectivity index (χ0n) is 18.2. The third kappa shape index (κ3) is 6.40. The summed E-state index contributed by atoms with van der Waals surface area (Å²) in [4.78, 5) is 12.6. The highest BCUT2D eigenvalue weighted by molar-refractivity contribution is 7.92. The lowest BCUT2D eigenvalue weighted by Gasteiger charge is -2.23. The van der Waals surface area contributed by atoms with Gasteiger partial charge in [-0.15, -0.1) is 0 Å². The van der Waals surface area contributed by atoms with E-state index in [9.17, 15) is 17.6 Å². The normalized spacial score (nSPS) is 12.2. The zero-order chi connectivity index (χ0) is 23.1. The summed E-state index contributed by atoms with van der Waals surface area (Å²) in [6, 6.07) is 22.4. The van der Waals surface area contributed by atoms with Crippen LogP contribution in [-0.4, -0.2) is 26.6 Å². The summed E-state index contributed by atoms with van der Waals surface area (Å²) in [5.74, 6) is -0.696. The second-order valence-corrected chi connectivity index (χ2v) is 9.71. The van der Waals surface area contributed by atoms with Crippen LogP contribution < -0.4 is 9.62 Å². The maximum absolute atomic E-state index is 14.0. The van der Waals surface area contributed by atoms with Crippen LogP contribution in [0.1, 0.15) is 34.8 Å². The summed E-state index contributed by atoms with van der Waals surface area (Å²) in [7, 11) is -3.65. The highest BCUT2D eigenvalue weighted by Gasteiger charge is 2.20. The molecule has 1 N–H and O–H groups in total. The molecule has 1 amide bonds. The van der Waals surface area contributed by atoms with E-state index in [1.165, 1.54) is 11.6 Å². The SMILES string of the molecule is C[C@@H](CCc1ccccc1)NC(=O)c1ccc(N(Cc2ccccc2F)S(C)(=O)=O)cc1. The number of nitrogens with zero attached hydrogens (tertiary/aromatic N) is 1. The van der Waals surface area contributed by atoms with E-state index in [2.05, 4.69) is 17.4 Å². The number of benzene rings is 3. The molecule has 3 aromatic carbocycles. The largest absolute Gasteiger partial charge is 0.350 e. The van der Waals surface area contributed by atoms with E-state index in [1.54, 1.807) is 42.5 Å². The Balaban J connectivity index is 1.66. The van der Waals surface area contributed by atoms with Gasteiger partial charge in [-0.3, -0.25) is 9.10 Å². The second-order valence-electron chi connectivity index (χ2n) is 7.81. The lowest BCUT2D eigenvalue weighted by Crippen LogP contribution is -2.33. The van der Waals surface area contributed by atoms with Crippen LogP contribution in [0, 0.1) is 5.82 Å². The molecule has 0 radical (unpaired) electrons. The molecule has 32 heavy (non-hydrogen) atoms. The Labute approximate surface area is 188 Å². The molecule has 7 heteroatoms. The van der Waals surface area contributed by atoms with Gasteiger partial charge in [0, 0.05) is 17.2 Å². The van der Waals surface area contributed by atoms with E-state index in [-0.39, 0.29) is 24.1 Å². The van der Waals surface area contributed by atoms with Gasteiger partial charge in [-0.1, -0.05) is 48.5 Å². The number of aryl methyl sites for hydroxylation is 1. The predicted molar refractivity (Wildman–Crippen MR) is 126 cm³/mol. The average molecular weight is 455 g/mol. The Morgan fingerprint density at radius 1 is 0.969 bits per heavy atom. The van der Waals surface area contributed by atoms with Crippen molar-refractivity contribution in [2.24, 2.45) is 0 Å². The Bertz CT molecular complexity index is 1150. The van der Waals surface area contributed by atoms with Crippen molar-refractivity contribution in [2.75, 3.05) is 10.6 Å². The van der Waals surface area contributed by atoms with Gasteiger partial charge in [0.1, 0.15) is 5.82 Å². The van der Waals surface area contributed by atoms with Crippen LogP contribution in [0.3, 0.4) is 0 Å². The van der Waals surface area contributed by atoms with Crippen LogP contribution in [0.4, 0.5) is 10.1 Å². The third-order valence-corrected chi connectivity index (χ3v) is 6.32. The van der Waals surface area contributed by atoms with Crippen LogP contribution in [0.15, 0.2) is 78.9 Å². The molecule has 0 aliphatic heterocycles. The van der Waals surface area contributed by atoms with Crippen molar-refractivity contribution in [2.45, 2.75) is 32.4 Å². The summed E-state index contributed by atoms with van der Waals surface area (Å²) in [6.07, 6.45) is 2.74. The van der Waals surface area contributed by atoms with Crippen molar-refractivity contribution in [3.8, 4) is 0 Å². The van der Waals surface area contributed by atoms with Gasteiger partial charge < -0.3 is 5.32 Å². The van der Waals surface area contributed by atoms with Crippen LogP contribution >= 0.6 is 0 Å². The van der Waals surface area contributed by atoms with E-state index in [0.29, 0.717) is 11.3 Å². The smallest absolute Gasteiger partial charge is 0.251 e. The number of rotatable bonds is 9. The van der Waals surface area contributed by atoms with E-state index in [1.807, 2.05) is 25.1 Å². The molecule has 5 nitrogen and oxygen atoms in total. The van der Waals surface area contributed by atoms with Crippen LogP contribution in [-0.2, 0) is 23.0 Å². The highest BCUT2D eigenvalue weighted by Crippen LogP contribution is 2.22. The molecule has 0 fully saturated rings. The molecule has 0 spiro atoms. The number of halogens is 1. The van der Waals surface area contributed by atoms with E-state index in [0.717, 1.165) is 23.4 Å². The van der Waals surface area contributed by atoms with E-state index >= 15 is 0 Å². The summed E-state index contributed by atoms with van der Waals surface area (Å²) in [5, 5.41) is 2.97. The topological polar surface area (TPSA) is 66.5 Å². The number of sulfonamides is 1. The molecule has 1 atom stereocenters. The summed E-state index contributed by atoms with van der Waals surface area (Å²) >= 11 is 0. The average Bonchev–Trinajstić information content (AvgIpc) is 2.77. The first-order chi connectivity index (χ1) is 15.2. The van der Waals surface area contributed by atoms with Gasteiger partial charge in [0.15, 0.2) is 0 Å². The Hall–Kier alpha value is -3.19. The van der Waals surface area contributed by atoms with Gasteiger partial charge in [-0.05, 0) is 55.7 Å². The molecule has 0 aromatic heterocycles. The highest BCUT2D eigenvalue weighted by atomic mass is 32.2. The minimum atomic E-state index is -3.65. The number of anilines is 1. The zero-order valence-corrected chi connectivity index (χ0v) is 19.0. The molecule has 0 aliphatic rings. The maximum Gasteiger partial charge on any atom is 0.251 e. The second kappa shape index (κ2) is 10.4. The summed E-state index contributed by atoms with van der Waals surface area (Å²) in [5.41, 5.74) is 2.28. The first-order valence-corrected chi connectivity index (χ1v) is 12.2. The molecule has 3 aromatic rings. The number of hydrogen-bond acceptors (Lipinski definition) is 3. The van der Waals surface area contributed by atoms with Crippen LogP contribution in [0.2, 0.25) is 0 Å². The Morgan fingerprint density at radius 2 is 1.59 bits per heavy atom. The Morgan fingerprint density at radius 3 is 2.22 bits per heavy atom. The molecule has 0 aliphatic carbocycles. The van der Waals surface area contributed by atoms with Crippen molar-refractivity contribution < 1.29 is 17.6 Å². The van der Waals surface area contributed by atoms with Gasteiger partial charge >= 0.3 is 0 Å². The molecule has 3 rings (SSSR count). The first kappa shape index (κ1) is 23.5. The molecular weight excluding hydrogens is 427 g/mol. The predicted octanol–water partition coefficient (Wildman–Crippen LogP) is 4.54. The van der Waals surface area contributed by atoms with Crippen molar-refractivity contribution >= 4 is 21.6 Å². The molecule has 0 saturated heterocycles. The van der Waals surface area contributed by atoms with E-state index < -0.39 is 15.8 Å². The van der Waals surface area contributed by atoms with Gasteiger partial charge in [0.2, 0.25) is 10.0 Å². The van der Waals surface area contributed by atoms with Gasteiger partial charge in [-0.25, -0.2) is 12.8 Å². The molecule has 168 valence electrons. The van der Waals surface area contributed by atoms with E-state index in [4.69, 9.17) is 0 Å². The fraction of sp³-hybridized carbons (Fsp3) is 0.240. The number of carbonyl (C=O) groups excluding carboxylic acids is 1. The summed E-state index contributed by atoms with van der Waals surface area (Å²) < 4.78 is 39.8. The Kier molecular flexibility index (Phi) is 7.64. The van der Waals surface area contributed by atoms with Crippen molar-refractivity contribution in [1.29, 1.82) is 0 Å². The minimum Gasteiger partial charge on any atom is -0.350 e. The van der Waals surface area contributed by atoms with Crippen molar-refractivity contribution in [3.63, 3.8) is 0 Å². The lowest BCUT2D eigenvalue weighted by molar-refractivity contribution is 0.0938. The fourth-order valence-corrected chi connectivity index (χ4v) is 4.25. The number of nitrogens with one attached hydrogen (secondary N) is 1. The first-order valence-electron chi connectivity index (χ1n) is 10.4. The third-order valence-electron chi connectivity index (χ3n) is 5.18. The van der Waals surface area contributed by atoms with Gasteiger partial charge in [0.05, 0.1) is 18.5 Å². The minimum absolute atomic E-state index is 0.0176. The molecule has 0 heterocycles. The molecule has 0 saturated carbocycles. The number of amides is 1. The lowest BCUT2D eigenvalue weighted by atomic mass is 10.1. The fourth-order valence-electron chi connectivity index (χ4n) is 3.37. The molecule has 0 unspecified atom stereocenters. The van der Waals surface area contributed by atoms with Crippen LogP contribution in [0.5, 0.6) is 0 Å². The molecular formula is C25H27FN2O3S. The standard InChI is InChI=1S/C25H27FN2O3S/c1-19(12-13-20-8-4-3-5-9-20)27-25(29)21-14-16-23(17-15-21)28(32(2,30)31)18-22-10-6-7-11-24(22)26/h3-11,14-17,19H,12-13,18H2,1-2H3,(H,27,29)/t19-/m0/s1. The van der Waals surface area contributed by atoms with Crippen molar-refractivity contribution in [3.05, 3.63) is 101 Å². The molecule has 0 bridgehead atoms. The van der Waals surface area contributed by atoms with Crippen LogP contribution in [0.25, 0.3) is 0 Å². The maximum atomic E-state index is 14.0.